The fourth-order valence-corrected chi connectivity index (χ4v) is 1.02. The molecule has 0 heterocycles. The molecule has 0 saturated heterocycles. The summed E-state index contributed by atoms with van der Waals surface area (Å²) in [5.74, 6) is 0.0231. The van der Waals surface area contributed by atoms with Crippen molar-refractivity contribution in [3.05, 3.63) is 40.9 Å². The molecule has 0 unspecified atom stereocenters. The van der Waals surface area contributed by atoms with Crippen LogP contribution in [0.5, 0.6) is 0 Å². The van der Waals surface area contributed by atoms with Crippen LogP contribution in [0.4, 0.5) is 0 Å². The van der Waals surface area contributed by atoms with E-state index in [0.717, 1.165) is 5.56 Å². The van der Waals surface area contributed by atoms with Crippen LogP contribution in [0.3, 0.4) is 0 Å². The first kappa shape index (κ1) is 12.9. The number of rotatable bonds is 2. The molecule has 1 nitrogen and oxygen atoms in total. The highest BCUT2D eigenvalue weighted by Crippen LogP contribution is 2.15. The summed E-state index contributed by atoms with van der Waals surface area (Å²) in [7, 11) is 0. The van der Waals surface area contributed by atoms with Crippen LogP contribution in [0, 0.1) is 0 Å². The van der Waals surface area contributed by atoms with E-state index in [2.05, 4.69) is 0 Å². The predicted octanol–water partition coefficient (Wildman–Crippen LogP) is 3.97. The van der Waals surface area contributed by atoms with E-state index >= 15 is 0 Å². The maximum atomic E-state index is 10.6. The average Bonchev–Trinajstić information content (AvgIpc) is 2.19. The Labute approximate surface area is 90.4 Å². The summed E-state index contributed by atoms with van der Waals surface area (Å²) in [5.41, 5.74) is 0.870. The van der Waals surface area contributed by atoms with Crippen LogP contribution in [0.1, 0.15) is 26.3 Å². The first-order valence-electron chi connectivity index (χ1n) is 4.63. The van der Waals surface area contributed by atoms with E-state index in [1.807, 2.05) is 32.0 Å². The summed E-state index contributed by atoms with van der Waals surface area (Å²) in [6.45, 7) is 5.51. The number of allylic oxidation sites excluding steroid dienone is 1. The summed E-state index contributed by atoms with van der Waals surface area (Å²) in [6.07, 6.45) is 3.21. The highest BCUT2D eigenvalue weighted by molar-refractivity contribution is 6.32. The highest BCUT2D eigenvalue weighted by atomic mass is 35.5. The van der Waals surface area contributed by atoms with Crippen molar-refractivity contribution in [3.8, 4) is 0 Å². The highest BCUT2D eigenvalue weighted by Gasteiger charge is 1.92. The molecular formula is C12H15ClO. The van der Waals surface area contributed by atoms with Gasteiger partial charge in [-0.05, 0) is 30.7 Å². The lowest BCUT2D eigenvalue weighted by Crippen LogP contribution is -1.80. The zero-order valence-electron chi connectivity index (χ0n) is 8.75. The first-order valence-corrected chi connectivity index (χ1v) is 5.01. The van der Waals surface area contributed by atoms with Crippen molar-refractivity contribution in [2.75, 3.05) is 0 Å². The topological polar surface area (TPSA) is 17.1 Å². The Bertz CT molecular complexity index is 316. The van der Waals surface area contributed by atoms with E-state index in [0.29, 0.717) is 5.02 Å². The fourth-order valence-electron chi connectivity index (χ4n) is 0.817. The smallest absolute Gasteiger partial charge is 0.152 e. The molecule has 0 saturated carbocycles. The van der Waals surface area contributed by atoms with E-state index in [9.17, 15) is 4.79 Å². The summed E-state index contributed by atoms with van der Waals surface area (Å²) < 4.78 is 0. The van der Waals surface area contributed by atoms with Crippen molar-refractivity contribution >= 4 is 23.5 Å². The number of carbonyl (C=O) groups is 1. The molecule has 0 aliphatic heterocycles. The SMILES string of the molecule is CC.CC(=O)/C=C/c1ccccc1Cl. The van der Waals surface area contributed by atoms with E-state index in [-0.39, 0.29) is 5.78 Å². The summed E-state index contributed by atoms with van der Waals surface area (Å²) in [6, 6.07) is 7.39. The number of carbonyl (C=O) groups excluding carboxylic acids is 1. The Morgan fingerprint density at radius 1 is 1.29 bits per heavy atom. The predicted molar refractivity (Wildman–Crippen MR) is 62.5 cm³/mol. The van der Waals surface area contributed by atoms with Crippen LogP contribution in [0.25, 0.3) is 6.08 Å². The minimum atomic E-state index is 0.0231. The van der Waals surface area contributed by atoms with Gasteiger partial charge in [0.05, 0.1) is 0 Å². The molecule has 0 aromatic heterocycles. The van der Waals surface area contributed by atoms with Crippen molar-refractivity contribution in [3.63, 3.8) is 0 Å². The zero-order chi connectivity index (χ0) is 11.0. The molecule has 0 fully saturated rings. The second-order valence-corrected chi connectivity index (χ2v) is 2.87. The third-order valence-corrected chi connectivity index (χ3v) is 1.75. The van der Waals surface area contributed by atoms with Crippen LogP contribution in [-0.4, -0.2) is 5.78 Å². The Balaban J connectivity index is 0.000000791. The van der Waals surface area contributed by atoms with Gasteiger partial charge in [0, 0.05) is 5.02 Å². The summed E-state index contributed by atoms with van der Waals surface area (Å²) >= 11 is 5.85. The van der Waals surface area contributed by atoms with Gasteiger partial charge in [-0.1, -0.05) is 43.6 Å². The van der Waals surface area contributed by atoms with Gasteiger partial charge in [-0.2, -0.15) is 0 Å². The van der Waals surface area contributed by atoms with E-state index in [1.165, 1.54) is 13.0 Å². The molecule has 1 aromatic carbocycles. The summed E-state index contributed by atoms with van der Waals surface area (Å²) in [4.78, 5) is 10.6. The molecule has 1 aromatic rings. The minimum Gasteiger partial charge on any atom is -0.295 e. The fraction of sp³-hybridized carbons (Fsp3) is 0.250. The second-order valence-electron chi connectivity index (χ2n) is 2.47. The molecule has 0 amide bonds. The van der Waals surface area contributed by atoms with Crippen molar-refractivity contribution in [2.24, 2.45) is 0 Å². The molecule has 0 bridgehead atoms. The van der Waals surface area contributed by atoms with Crippen LogP contribution >= 0.6 is 11.6 Å². The van der Waals surface area contributed by atoms with Gasteiger partial charge in [0.15, 0.2) is 5.78 Å². The van der Waals surface area contributed by atoms with Gasteiger partial charge < -0.3 is 0 Å². The molecule has 1 rings (SSSR count). The molecule has 0 N–H and O–H groups in total. The van der Waals surface area contributed by atoms with E-state index in [4.69, 9.17) is 11.6 Å². The molecule has 0 aliphatic rings. The second kappa shape index (κ2) is 7.34. The van der Waals surface area contributed by atoms with Crippen LogP contribution in [0.2, 0.25) is 5.02 Å². The number of ketones is 1. The van der Waals surface area contributed by atoms with Crippen molar-refractivity contribution < 1.29 is 4.79 Å². The zero-order valence-corrected chi connectivity index (χ0v) is 9.51. The third kappa shape index (κ3) is 4.83. The van der Waals surface area contributed by atoms with Gasteiger partial charge in [0.2, 0.25) is 0 Å². The monoisotopic (exact) mass is 210 g/mol. The molecule has 0 atom stereocenters. The largest absolute Gasteiger partial charge is 0.295 e. The Morgan fingerprint density at radius 2 is 1.86 bits per heavy atom. The van der Waals surface area contributed by atoms with Gasteiger partial charge in [-0.3, -0.25) is 4.79 Å². The van der Waals surface area contributed by atoms with Gasteiger partial charge >= 0.3 is 0 Å². The summed E-state index contributed by atoms with van der Waals surface area (Å²) in [5, 5.41) is 0.662. The minimum absolute atomic E-state index is 0.0231. The van der Waals surface area contributed by atoms with Gasteiger partial charge in [0.1, 0.15) is 0 Å². The Kier molecular flexibility index (Phi) is 6.77. The quantitative estimate of drug-likeness (QED) is 0.676. The molecule has 14 heavy (non-hydrogen) atoms. The van der Waals surface area contributed by atoms with Crippen molar-refractivity contribution in [1.29, 1.82) is 0 Å². The molecule has 2 heteroatoms. The first-order chi connectivity index (χ1) is 6.70. The number of hydrogen-bond acceptors (Lipinski definition) is 1. The molecule has 0 spiro atoms. The van der Waals surface area contributed by atoms with Gasteiger partial charge in [0.25, 0.3) is 0 Å². The normalized spacial score (nSPS) is 9.43. The van der Waals surface area contributed by atoms with Crippen molar-refractivity contribution in [1.82, 2.24) is 0 Å². The molecular weight excluding hydrogens is 196 g/mol. The van der Waals surface area contributed by atoms with Crippen molar-refractivity contribution in [2.45, 2.75) is 20.8 Å². The number of benzene rings is 1. The van der Waals surface area contributed by atoms with Gasteiger partial charge in [-0.25, -0.2) is 0 Å². The molecule has 0 radical (unpaired) electrons. The lowest BCUT2D eigenvalue weighted by atomic mass is 10.2. The van der Waals surface area contributed by atoms with Crippen LogP contribution in [0.15, 0.2) is 30.3 Å². The number of hydrogen-bond donors (Lipinski definition) is 0. The maximum Gasteiger partial charge on any atom is 0.152 e. The molecule has 76 valence electrons. The lowest BCUT2D eigenvalue weighted by molar-refractivity contribution is -0.112. The van der Waals surface area contributed by atoms with Crippen LogP contribution in [-0.2, 0) is 4.79 Å². The standard InChI is InChI=1S/C10H9ClO.C2H6/c1-8(12)6-7-9-4-2-3-5-10(9)11;1-2/h2-7H,1H3;1-2H3/b7-6+;. The Hall–Kier alpha value is -1.08. The van der Waals surface area contributed by atoms with Crippen LogP contribution < -0.4 is 0 Å². The average molecular weight is 211 g/mol. The maximum absolute atomic E-state index is 10.6. The number of halogens is 1. The third-order valence-electron chi connectivity index (χ3n) is 1.40. The molecule has 0 aliphatic carbocycles. The lowest BCUT2D eigenvalue weighted by Gasteiger charge is -1.94. The van der Waals surface area contributed by atoms with E-state index in [1.54, 1.807) is 12.1 Å². The van der Waals surface area contributed by atoms with Gasteiger partial charge in [-0.15, -0.1) is 0 Å². The Morgan fingerprint density at radius 3 is 2.36 bits per heavy atom. The van der Waals surface area contributed by atoms with E-state index < -0.39 is 0 Å².